The predicted octanol–water partition coefficient (Wildman–Crippen LogP) is 7.20. The van der Waals surface area contributed by atoms with Gasteiger partial charge in [-0.25, -0.2) is 0 Å². The van der Waals surface area contributed by atoms with E-state index >= 15 is 0 Å². The van der Waals surface area contributed by atoms with Crippen LogP contribution in [0.3, 0.4) is 0 Å². The molecular formula is C27H25N. The summed E-state index contributed by atoms with van der Waals surface area (Å²) in [5, 5.41) is 0. The van der Waals surface area contributed by atoms with Gasteiger partial charge in [-0.2, -0.15) is 0 Å². The van der Waals surface area contributed by atoms with Gasteiger partial charge < -0.3 is 0 Å². The second-order valence-electron chi connectivity index (χ2n) is 8.39. The summed E-state index contributed by atoms with van der Waals surface area (Å²) in [4.78, 5) is 5.11. The Balaban J connectivity index is 1.53. The van der Waals surface area contributed by atoms with E-state index in [1.807, 2.05) is 0 Å². The minimum absolute atomic E-state index is 0.0307. The molecule has 3 aromatic carbocycles. The molecule has 0 aliphatic heterocycles. The van der Waals surface area contributed by atoms with Crippen molar-refractivity contribution in [2.24, 2.45) is 4.99 Å². The average molecular weight is 364 g/mol. The number of aliphatic imine (C=N–C) groups is 1. The van der Waals surface area contributed by atoms with Crippen molar-refractivity contribution >= 4 is 11.4 Å². The van der Waals surface area contributed by atoms with Crippen molar-refractivity contribution in [1.82, 2.24) is 0 Å². The molecule has 0 bridgehead atoms. The van der Waals surface area contributed by atoms with Gasteiger partial charge in [-0.3, -0.25) is 4.99 Å². The molecule has 2 aliphatic rings. The fourth-order valence-electron chi connectivity index (χ4n) is 4.76. The number of hydrogen-bond donors (Lipinski definition) is 0. The fraction of sp³-hybridized carbons (Fsp3) is 0.222. The highest BCUT2D eigenvalue weighted by molar-refractivity contribution is 6.00. The van der Waals surface area contributed by atoms with Crippen molar-refractivity contribution in [3.63, 3.8) is 0 Å². The lowest BCUT2D eigenvalue weighted by Gasteiger charge is -2.21. The van der Waals surface area contributed by atoms with Crippen LogP contribution < -0.4 is 0 Å². The molecule has 0 amide bonds. The first-order valence-electron chi connectivity index (χ1n) is 10.2. The van der Waals surface area contributed by atoms with Crippen LogP contribution >= 0.6 is 0 Å². The first kappa shape index (κ1) is 17.2. The smallest absolute Gasteiger partial charge is 0.0714 e. The zero-order valence-electron chi connectivity index (χ0n) is 16.5. The molecule has 0 N–H and O–H groups in total. The van der Waals surface area contributed by atoms with Gasteiger partial charge in [0.05, 0.1) is 5.69 Å². The Hall–Kier alpha value is -2.93. The van der Waals surface area contributed by atoms with Crippen molar-refractivity contribution < 1.29 is 0 Å². The standard InChI is InChI=1S/C27H25N/c1-27(2)23-12-7-6-11-22(23)26-24(27)13-8-14-25(26)28-21-17-15-20(16-18-21)19-9-4-3-5-10-19/h3-15,17,20H,16,18H2,1-2H3. The maximum absolute atomic E-state index is 5.11. The monoisotopic (exact) mass is 363 g/mol. The molecule has 0 saturated carbocycles. The predicted molar refractivity (Wildman–Crippen MR) is 119 cm³/mol. The molecule has 0 aromatic heterocycles. The molecule has 28 heavy (non-hydrogen) atoms. The quantitative estimate of drug-likeness (QED) is 0.456. The van der Waals surface area contributed by atoms with Crippen LogP contribution in [0, 0.1) is 0 Å². The minimum atomic E-state index is 0.0307. The Morgan fingerprint density at radius 1 is 0.821 bits per heavy atom. The molecule has 1 heteroatoms. The third-order valence-corrected chi connectivity index (χ3v) is 6.31. The van der Waals surface area contributed by atoms with E-state index in [0.29, 0.717) is 5.92 Å². The van der Waals surface area contributed by atoms with Crippen LogP contribution in [0.5, 0.6) is 0 Å². The first-order chi connectivity index (χ1) is 13.6. The summed E-state index contributed by atoms with van der Waals surface area (Å²) < 4.78 is 0. The van der Waals surface area contributed by atoms with Crippen molar-refractivity contribution in [3.8, 4) is 11.1 Å². The van der Waals surface area contributed by atoms with Gasteiger partial charge in [0.2, 0.25) is 0 Å². The average Bonchev–Trinajstić information content (AvgIpc) is 2.98. The SMILES string of the molecule is CC1(C)c2ccccc2-c2c(N=C3C=CC(c4ccccc4)CC3)cccc21. The number of allylic oxidation sites excluding steroid dienone is 2. The van der Waals surface area contributed by atoms with Gasteiger partial charge in [0.1, 0.15) is 0 Å². The van der Waals surface area contributed by atoms with Gasteiger partial charge in [-0.1, -0.05) is 86.7 Å². The summed E-state index contributed by atoms with van der Waals surface area (Å²) >= 11 is 0. The minimum Gasteiger partial charge on any atom is -0.253 e. The zero-order chi connectivity index (χ0) is 19.1. The Kier molecular flexibility index (Phi) is 4.05. The number of benzene rings is 3. The summed E-state index contributed by atoms with van der Waals surface area (Å²) in [6.45, 7) is 4.64. The summed E-state index contributed by atoms with van der Waals surface area (Å²) in [6.07, 6.45) is 6.69. The molecule has 0 saturated heterocycles. The number of hydrogen-bond acceptors (Lipinski definition) is 1. The van der Waals surface area contributed by atoms with Gasteiger partial charge in [0, 0.05) is 22.6 Å². The summed E-state index contributed by atoms with van der Waals surface area (Å²) in [5.74, 6) is 0.501. The molecule has 1 nitrogen and oxygen atoms in total. The van der Waals surface area contributed by atoms with Gasteiger partial charge in [-0.15, -0.1) is 0 Å². The molecule has 1 atom stereocenters. The van der Waals surface area contributed by atoms with Gasteiger partial charge in [-0.05, 0) is 47.2 Å². The van der Waals surface area contributed by atoms with Crippen LogP contribution in [0.4, 0.5) is 5.69 Å². The van der Waals surface area contributed by atoms with E-state index in [1.54, 1.807) is 0 Å². The normalized spacial score (nSPS) is 20.8. The van der Waals surface area contributed by atoms with Crippen molar-refractivity contribution in [2.75, 3.05) is 0 Å². The van der Waals surface area contributed by atoms with Gasteiger partial charge in [0.25, 0.3) is 0 Å². The molecular weight excluding hydrogens is 338 g/mol. The highest BCUT2D eigenvalue weighted by Crippen LogP contribution is 2.52. The second-order valence-corrected chi connectivity index (χ2v) is 8.39. The maximum atomic E-state index is 5.11. The lowest BCUT2D eigenvalue weighted by molar-refractivity contribution is 0.660. The Bertz CT molecular complexity index is 1090. The topological polar surface area (TPSA) is 12.4 Å². The third-order valence-electron chi connectivity index (χ3n) is 6.31. The summed E-state index contributed by atoms with van der Waals surface area (Å²) in [7, 11) is 0. The van der Waals surface area contributed by atoms with Gasteiger partial charge >= 0.3 is 0 Å². The summed E-state index contributed by atoms with van der Waals surface area (Å²) in [6, 6.07) is 26.2. The highest BCUT2D eigenvalue weighted by atomic mass is 14.8. The van der Waals surface area contributed by atoms with Crippen molar-refractivity contribution in [3.05, 3.63) is 102 Å². The number of fused-ring (bicyclic) bond motifs is 3. The van der Waals surface area contributed by atoms with E-state index in [4.69, 9.17) is 4.99 Å². The van der Waals surface area contributed by atoms with E-state index < -0.39 is 0 Å². The number of rotatable bonds is 2. The van der Waals surface area contributed by atoms with Crippen LogP contribution in [0.1, 0.15) is 49.3 Å². The molecule has 0 fully saturated rings. The third kappa shape index (κ3) is 2.74. The Morgan fingerprint density at radius 2 is 1.57 bits per heavy atom. The van der Waals surface area contributed by atoms with Crippen LogP contribution in [-0.2, 0) is 5.41 Å². The van der Waals surface area contributed by atoms with Crippen LogP contribution in [-0.4, -0.2) is 5.71 Å². The van der Waals surface area contributed by atoms with E-state index in [-0.39, 0.29) is 5.41 Å². The van der Waals surface area contributed by atoms with Crippen LogP contribution in [0.2, 0.25) is 0 Å². The lowest BCUT2D eigenvalue weighted by atomic mass is 9.82. The molecule has 0 radical (unpaired) electrons. The fourth-order valence-corrected chi connectivity index (χ4v) is 4.76. The molecule has 3 aromatic rings. The van der Waals surface area contributed by atoms with Crippen LogP contribution in [0.15, 0.2) is 89.9 Å². The number of nitrogens with zero attached hydrogens (tertiary/aromatic N) is 1. The molecule has 1 unspecified atom stereocenters. The second kappa shape index (κ2) is 6.60. The van der Waals surface area contributed by atoms with E-state index in [2.05, 4.69) is 98.8 Å². The highest BCUT2D eigenvalue weighted by Gasteiger charge is 2.36. The van der Waals surface area contributed by atoms with E-state index in [0.717, 1.165) is 18.5 Å². The molecule has 138 valence electrons. The molecule has 2 aliphatic carbocycles. The van der Waals surface area contributed by atoms with Crippen molar-refractivity contribution in [1.29, 1.82) is 0 Å². The molecule has 0 spiro atoms. The zero-order valence-corrected chi connectivity index (χ0v) is 16.5. The largest absolute Gasteiger partial charge is 0.253 e. The van der Waals surface area contributed by atoms with Gasteiger partial charge in [0.15, 0.2) is 0 Å². The van der Waals surface area contributed by atoms with E-state index in [1.165, 1.54) is 33.5 Å². The Labute approximate surface area is 167 Å². The molecule has 0 heterocycles. The molecule has 5 rings (SSSR count). The van der Waals surface area contributed by atoms with Crippen molar-refractivity contribution in [2.45, 2.75) is 38.0 Å². The maximum Gasteiger partial charge on any atom is 0.0714 e. The van der Waals surface area contributed by atoms with Crippen LogP contribution in [0.25, 0.3) is 11.1 Å². The Morgan fingerprint density at radius 3 is 2.36 bits per heavy atom. The summed E-state index contributed by atoms with van der Waals surface area (Å²) in [5.41, 5.74) is 9.16. The van der Waals surface area contributed by atoms with E-state index in [9.17, 15) is 0 Å². The lowest BCUT2D eigenvalue weighted by Crippen LogP contribution is -2.14. The first-order valence-corrected chi connectivity index (χ1v) is 10.2.